The summed E-state index contributed by atoms with van der Waals surface area (Å²) in [4.78, 5) is 16.4. The van der Waals surface area contributed by atoms with Crippen LogP contribution < -0.4 is 9.47 Å². The Kier molecular flexibility index (Phi) is 5.01. The van der Waals surface area contributed by atoms with E-state index in [9.17, 15) is 18.7 Å². The van der Waals surface area contributed by atoms with Gasteiger partial charge >= 0.3 is 12.6 Å². The zero-order valence-corrected chi connectivity index (χ0v) is 15.6. The number of benzene rings is 2. The van der Waals surface area contributed by atoms with E-state index in [1.165, 1.54) is 30.3 Å². The Labute approximate surface area is 168 Å². The first-order valence-electron chi connectivity index (χ1n) is 8.78. The molecule has 0 saturated carbocycles. The molecule has 0 radical (unpaired) electrons. The summed E-state index contributed by atoms with van der Waals surface area (Å²) in [6, 6.07) is 14.3. The zero-order chi connectivity index (χ0) is 21.3. The second-order valence-corrected chi connectivity index (χ2v) is 6.29. The number of rotatable bonds is 6. The number of hydrogen-bond donors (Lipinski definition) is 2. The van der Waals surface area contributed by atoms with E-state index in [0.717, 1.165) is 5.56 Å². The van der Waals surface area contributed by atoms with Crippen LogP contribution in [-0.4, -0.2) is 40.0 Å². The van der Waals surface area contributed by atoms with Crippen molar-refractivity contribution in [2.45, 2.75) is 6.61 Å². The molecule has 152 valence electrons. The van der Waals surface area contributed by atoms with Crippen molar-refractivity contribution < 1.29 is 28.2 Å². The van der Waals surface area contributed by atoms with Crippen molar-refractivity contribution in [2.75, 3.05) is 7.11 Å². The Bertz CT molecular complexity index is 1210. The number of aromatic amines is 1. The number of ether oxygens (including phenoxy) is 2. The second kappa shape index (κ2) is 7.78. The summed E-state index contributed by atoms with van der Waals surface area (Å²) in [5, 5.41) is 17.2. The number of carbonyl (C=O) groups is 1. The summed E-state index contributed by atoms with van der Waals surface area (Å²) in [5.41, 5.74) is 2.37. The molecule has 2 aromatic heterocycles. The highest BCUT2D eigenvalue weighted by Crippen LogP contribution is 2.32. The molecule has 0 aliphatic carbocycles. The van der Waals surface area contributed by atoms with Crippen molar-refractivity contribution in [3.8, 4) is 34.0 Å². The van der Waals surface area contributed by atoms with E-state index >= 15 is 0 Å². The van der Waals surface area contributed by atoms with Gasteiger partial charge in [-0.1, -0.05) is 0 Å². The molecule has 9 heteroatoms. The number of fused-ring (bicyclic) bond motifs is 1. The van der Waals surface area contributed by atoms with Gasteiger partial charge in [0.25, 0.3) is 0 Å². The van der Waals surface area contributed by atoms with E-state index in [2.05, 4.69) is 19.9 Å². The molecule has 7 nitrogen and oxygen atoms in total. The van der Waals surface area contributed by atoms with Crippen molar-refractivity contribution in [1.29, 1.82) is 0 Å². The molecule has 0 fully saturated rings. The predicted octanol–water partition coefficient (Wildman–Crippen LogP) is 4.60. The average Bonchev–Trinajstić information content (AvgIpc) is 3.17. The van der Waals surface area contributed by atoms with Gasteiger partial charge in [-0.25, -0.2) is 9.78 Å². The highest BCUT2D eigenvalue weighted by atomic mass is 19.3. The largest absolute Gasteiger partial charge is 0.497 e. The number of carboxylic acid groups (broad SMARTS) is 1. The van der Waals surface area contributed by atoms with Crippen LogP contribution >= 0.6 is 0 Å². The van der Waals surface area contributed by atoms with Crippen LogP contribution in [0.1, 0.15) is 10.4 Å². The van der Waals surface area contributed by atoms with E-state index in [1.54, 1.807) is 31.4 Å². The van der Waals surface area contributed by atoms with Crippen molar-refractivity contribution in [2.24, 2.45) is 0 Å². The first kappa shape index (κ1) is 19.3. The summed E-state index contributed by atoms with van der Waals surface area (Å²) >= 11 is 0. The van der Waals surface area contributed by atoms with Crippen LogP contribution in [0.4, 0.5) is 8.78 Å². The lowest BCUT2D eigenvalue weighted by Gasteiger charge is -2.08. The molecule has 2 N–H and O–H groups in total. The lowest BCUT2D eigenvalue weighted by atomic mass is 10.0. The molecule has 2 heterocycles. The maximum atomic E-state index is 12.3. The molecular weight excluding hydrogens is 396 g/mol. The third-order valence-corrected chi connectivity index (χ3v) is 4.51. The Balaban J connectivity index is 1.80. The molecule has 30 heavy (non-hydrogen) atoms. The minimum Gasteiger partial charge on any atom is -0.497 e. The fraction of sp³-hybridized carbons (Fsp3) is 0.0952. The van der Waals surface area contributed by atoms with Crippen LogP contribution in [0.15, 0.2) is 54.6 Å². The van der Waals surface area contributed by atoms with Gasteiger partial charge < -0.3 is 14.6 Å². The van der Waals surface area contributed by atoms with Crippen LogP contribution in [-0.2, 0) is 0 Å². The Morgan fingerprint density at radius 1 is 1.03 bits per heavy atom. The summed E-state index contributed by atoms with van der Waals surface area (Å²) in [7, 11) is 1.56. The number of methoxy groups -OCH3 is 1. The Morgan fingerprint density at radius 2 is 1.67 bits per heavy atom. The second-order valence-electron chi connectivity index (χ2n) is 6.29. The van der Waals surface area contributed by atoms with Crippen molar-refractivity contribution in [3.05, 3.63) is 60.2 Å². The van der Waals surface area contributed by atoms with Crippen LogP contribution in [0, 0.1) is 0 Å². The van der Waals surface area contributed by atoms with Crippen LogP contribution in [0.3, 0.4) is 0 Å². The van der Waals surface area contributed by atoms with Crippen molar-refractivity contribution in [3.63, 3.8) is 0 Å². The van der Waals surface area contributed by atoms with Crippen LogP contribution in [0.25, 0.3) is 33.5 Å². The number of carboxylic acids is 1. The number of alkyl halides is 2. The number of nitrogens with one attached hydrogen (secondary N) is 1. The molecule has 4 rings (SSSR count). The molecule has 4 aromatic rings. The van der Waals surface area contributed by atoms with Gasteiger partial charge in [0.05, 0.1) is 29.4 Å². The van der Waals surface area contributed by atoms with Crippen LogP contribution in [0.5, 0.6) is 11.5 Å². The van der Waals surface area contributed by atoms with Gasteiger partial charge in [0.1, 0.15) is 11.5 Å². The molecule has 0 amide bonds. The Hall–Kier alpha value is -4.01. The van der Waals surface area contributed by atoms with E-state index in [4.69, 9.17) is 4.74 Å². The molecule has 0 saturated heterocycles. The van der Waals surface area contributed by atoms with Gasteiger partial charge in [-0.2, -0.15) is 13.9 Å². The first-order valence-corrected chi connectivity index (χ1v) is 8.78. The smallest absolute Gasteiger partial charge is 0.387 e. The topological polar surface area (TPSA) is 97.3 Å². The number of aromatic carboxylic acids is 1. The van der Waals surface area contributed by atoms with Crippen molar-refractivity contribution in [1.82, 2.24) is 15.2 Å². The summed E-state index contributed by atoms with van der Waals surface area (Å²) in [6.07, 6.45) is 0. The quantitative estimate of drug-likeness (QED) is 0.481. The summed E-state index contributed by atoms with van der Waals surface area (Å²) in [5.74, 6) is -0.479. The van der Waals surface area contributed by atoms with Gasteiger partial charge in [-0.05, 0) is 54.6 Å². The zero-order valence-electron chi connectivity index (χ0n) is 15.6. The number of halogens is 2. The molecule has 2 aromatic carbocycles. The Morgan fingerprint density at radius 3 is 2.27 bits per heavy atom. The van der Waals surface area contributed by atoms with Gasteiger partial charge in [0.15, 0.2) is 5.65 Å². The SMILES string of the molecule is COc1ccc(-c2[nH]nc3nc(-c4ccc(OC(F)F)cc4)cc(C(=O)O)c23)cc1. The predicted molar refractivity (Wildman–Crippen MR) is 105 cm³/mol. The van der Waals surface area contributed by atoms with E-state index in [1.807, 2.05) is 0 Å². The van der Waals surface area contributed by atoms with E-state index in [-0.39, 0.29) is 17.0 Å². The number of pyridine rings is 1. The van der Waals surface area contributed by atoms with Gasteiger partial charge in [-0.3, -0.25) is 5.10 Å². The molecule has 0 aliphatic heterocycles. The summed E-state index contributed by atoms with van der Waals surface area (Å²) in [6.45, 7) is -2.93. The normalized spacial score (nSPS) is 11.1. The molecule has 0 bridgehead atoms. The number of H-pyrrole nitrogens is 1. The minimum atomic E-state index is -2.93. The highest BCUT2D eigenvalue weighted by molar-refractivity contribution is 6.08. The summed E-state index contributed by atoms with van der Waals surface area (Å²) < 4.78 is 34.1. The third kappa shape index (κ3) is 3.64. The van der Waals surface area contributed by atoms with Gasteiger partial charge in [0.2, 0.25) is 0 Å². The maximum Gasteiger partial charge on any atom is 0.387 e. The number of nitrogens with zero attached hydrogens (tertiary/aromatic N) is 2. The average molecular weight is 411 g/mol. The van der Waals surface area contributed by atoms with Gasteiger partial charge in [0, 0.05) is 11.1 Å². The molecule has 0 aliphatic rings. The fourth-order valence-corrected chi connectivity index (χ4v) is 3.11. The van der Waals surface area contributed by atoms with Crippen LogP contribution in [0.2, 0.25) is 0 Å². The monoisotopic (exact) mass is 411 g/mol. The number of hydrogen-bond acceptors (Lipinski definition) is 5. The molecule has 0 unspecified atom stereocenters. The van der Waals surface area contributed by atoms with Crippen molar-refractivity contribution >= 4 is 17.0 Å². The van der Waals surface area contributed by atoms with Gasteiger partial charge in [-0.15, -0.1) is 0 Å². The number of aromatic nitrogens is 3. The van der Waals surface area contributed by atoms with E-state index in [0.29, 0.717) is 28.1 Å². The molecule has 0 atom stereocenters. The molecule has 0 spiro atoms. The first-order chi connectivity index (χ1) is 14.5. The third-order valence-electron chi connectivity index (χ3n) is 4.51. The lowest BCUT2D eigenvalue weighted by molar-refractivity contribution is -0.0498. The molecular formula is C21H15F2N3O4. The maximum absolute atomic E-state index is 12.3. The van der Waals surface area contributed by atoms with E-state index < -0.39 is 12.6 Å². The minimum absolute atomic E-state index is 0.00477. The highest BCUT2D eigenvalue weighted by Gasteiger charge is 2.20. The lowest BCUT2D eigenvalue weighted by Crippen LogP contribution is -2.02. The standard InChI is InChI=1S/C21H15F2N3O4/c1-29-13-6-4-12(5-7-13)18-17-15(20(27)28)10-16(24-19(17)26-25-18)11-2-8-14(9-3-11)30-21(22)23/h2-10,21H,1H3,(H,27,28)(H,24,25,26). The fourth-order valence-electron chi connectivity index (χ4n) is 3.11.